The van der Waals surface area contributed by atoms with Crippen LogP contribution in [0.1, 0.15) is 10.4 Å². The van der Waals surface area contributed by atoms with E-state index in [1.54, 1.807) is 30.5 Å². The highest BCUT2D eigenvalue weighted by Gasteiger charge is 2.08. The molecule has 0 unspecified atom stereocenters. The Morgan fingerprint density at radius 2 is 1.75 bits per heavy atom. The van der Waals surface area contributed by atoms with E-state index in [1.807, 2.05) is 12.1 Å². The summed E-state index contributed by atoms with van der Waals surface area (Å²) >= 11 is 5.95. The maximum atomic E-state index is 13.2. The van der Waals surface area contributed by atoms with E-state index in [2.05, 4.69) is 15.6 Å². The summed E-state index contributed by atoms with van der Waals surface area (Å²) in [5.41, 5.74) is 2.16. The summed E-state index contributed by atoms with van der Waals surface area (Å²) in [4.78, 5) is 16.3. The lowest BCUT2D eigenvalue weighted by atomic mass is 10.2. The first-order chi connectivity index (χ1) is 11.6. The van der Waals surface area contributed by atoms with Crippen molar-refractivity contribution in [3.8, 4) is 0 Å². The molecule has 0 atom stereocenters. The molecule has 1 amide bonds. The third-order valence-corrected chi connectivity index (χ3v) is 3.43. The average Bonchev–Trinajstić information content (AvgIpc) is 2.55. The Balaban J connectivity index is 1.76. The molecule has 24 heavy (non-hydrogen) atoms. The first-order valence-electron chi connectivity index (χ1n) is 7.15. The fourth-order valence-electron chi connectivity index (χ4n) is 2.13. The predicted octanol–water partition coefficient (Wildman–Crippen LogP) is 4.87. The number of nitrogens with one attached hydrogen (secondary N) is 2. The molecule has 3 rings (SSSR count). The molecule has 1 aromatic heterocycles. The summed E-state index contributed by atoms with van der Waals surface area (Å²) in [6, 6.07) is 14.6. The largest absolute Gasteiger partial charge is 0.354 e. The molecule has 2 aromatic carbocycles. The first kappa shape index (κ1) is 16.0. The molecule has 0 aliphatic carbocycles. The Hall–Kier alpha value is -2.92. The van der Waals surface area contributed by atoms with Crippen molar-refractivity contribution in [2.75, 3.05) is 10.6 Å². The van der Waals surface area contributed by atoms with Crippen LogP contribution in [0, 0.1) is 5.82 Å². The average molecular weight is 342 g/mol. The number of hydrogen-bond acceptors (Lipinski definition) is 3. The summed E-state index contributed by atoms with van der Waals surface area (Å²) in [6.45, 7) is 0. The van der Waals surface area contributed by atoms with E-state index in [1.165, 1.54) is 24.4 Å². The van der Waals surface area contributed by atoms with Gasteiger partial charge in [-0.3, -0.25) is 9.78 Å². The third-order valence-electron chi connectivity index (χ3n) is 3.20. The monoisotopic (exact) mass is 341 g/mol. The number of benzene rings is 2. The van der Waals surface area contributed by atoms with Gasteiger partial charge in [0.1, 0.15) is 5.82 Å². The van der Waals surface area contributed by atoms with Crippen LogP contribution in [0.15, 0.2) is 67.0 Å². The lowest BCUT2D eigenvalue weighted by Gasteiger charge is -2.09. The van der Waals surface area contributed by atoms with E-state index >= 15 is 0 Å². The van der Waals surface area contributed by atoms with E-state index in [4.69, 9.17) is 11.6 Å². The van der Waals surface area contributed by atoms with Gasteiger partial charge < -0.3 is 10.6 Å². The van der Waals surface area contributed by atoms with Crippen LogP contribution in [0.4, 0.5) is 21.5 Å². The minimum absolute atomic E-state index is 0.353. The number of hydrogen-bond donors (Lipinski definition) is 2. The molecule has 3 aromatic rings. The molecule has 1 heterocycles. The van der Waals surface area contributed by atoms with Crippen molar-refractivity contribution in [1.82, 2.24) is 4.98 Å². The van der Waals surface area contributed by atoms with Crippen LogP contribution in [0.2, 0.25) is 5.02 Å². The van der Waals surface area contributed by atoms with Crippen molar-refractivity contribution in [3.05, 3.63) is 83.4 Å². The minimum Gasteiger partial charge on any atom is -0.354 e. The van der Waals surface area contributed by atoms with E-state index in [0.29, 0.717) is 22.0 Å². The van der Waals surface area contributed by atoms with Crippen LogP contribution in [0.5, 0.6) is 0 Å². The van der Waals surface area contributed by atoms with Crippen molar-refractivity contribution in [1.29, 1.82) is 0 Å². The number of halogens is 2. The van der Waals surface area contributed by atoms with Crippen molar-refractivity contribution in [2.24, 2.45) is 0 Å². The Bertz CT molecular complexity index is 885. The maximum absolute atomic E-state index is 13.2. The second-order valence-corrected chi connectivity index (χ2v) is 5.50. The van der Waals surface area contributed by atoms with Crippen molar-refractivity contribution in [2.45, 2.75) is 0 Å². The molecule has 0 aliphatic heterocycles. The van der Waals surface area contributed by atoms with Gasteiger partial charge in [0.2, 0.25) is 0 Å². The molecule has 0 aliphatic rings. The number of nitrogens with zero attached hydrogens (tertiary/aromatic N) is 1. The summed E-state index contributed by atoms with van der Waals surface area (Å²) in [6.07, 6.45) is 3.04. The third kappa shape index (κ3) is 4.08. The number of carbonyl (C=O) groups excluding carboxylic acids is 1. The zero-order chi connectivity index (χ0) is 16.9. The lowest BCUT2D eigenvalue weighted by Crippen LogP contribution is -2.12. The van der Waals surface area contributed by atoms with Crippen LogP contribution >= 0.6 is 11.6 Å². The first-order valence-corrected chi connectivity index (χ1v) is 7.52. The minimum atomic E-state index is -0.415. The highest BCUT2D eigenvalue weighted by atomic mass is 35.5. The van der Waals surface area contributed by atoms with Crippen molar-refractivity contribution >= 4 is 34.6 Å². The van der Waals surface area contributed by atoms with Crippen molar-refractivity contribution in [3.63, 3.8) is 0 Å². The van der Waals surface area contributed by atoms with Crippen LogP contribution < -0.4 is 10.6 Å². The quantitative estimate of drug-likeness (QED) is 0.711. The van der Waals surface area contributed by atoms with Crippen LogP contribution in [-0.2, 0) is 0 Å². The highest BCUT2D eigenvalue weighted by Crippen LogP contribution is 2.20. The molecule has 4 nitrogen and oxygen atoms in total. The van der Waals surface area contributed by atoms with Gasteiger partial charge in [-0.05, 0) is 42.5 Å². The van der Waals surface area contributed by atoms with Gasteiger partial charge in [0, 0.05) is 22.6 Å². The molecule has 6 heteroatoms. The van der Waals surface area contributed by atoms with Gasteiger partial charge in [-0.1, -0.05) is 23.7 Å². The smallest absolute Gasteiger partial charge is 0.257 e. The maximum Gasteiger partial charge on any atom is 0.257 e. The topological polar surface area (TPSA) is 54.0 Å². The summed E-state index contributed by atoms with van der Waals surface area (Å²) in [7, 11) is 0. The molecular formula is C18H13ClFN3O. The Kier molecular flexibility index (Phi) is 4.72. The normalized spacial score (nSPS) is 10.2. The fourth-order valence-corrected chi connectivity index (χ4v) is 2.33. The Labute approximate surface area is 143 Å². The molecule has 0 spiro atoms. The number of rotatable bonds is 4. The van der Waals surface area contributed by atoms with Gasteiger partial charge in [0.05, 0.1) is 17.4 Å². The summed E-state index contributed by atoms with van der Waals surface area (Å²) in [5.74, 6) is -0.787. The van der Waals surface area contributed by atoms with Gasteiger partial charge >= 0.3 is 0 Å². The van der Waals surface area contributed by atoms with Gasteiger partial charge in [-0.2, -0.15) is 0 Å². The van der Waals surface area contributed by atoms with E-state index in [0.717, 1.165) is 5.69 Å². The SMILES string of the molecule is O=C(Nc1cccc(F)c1)c1cncc(Nc2cccc(Cl)c2)c1. The van der Waals surface area contributed by atoms with Crippen LogP contribution in [0.25, 0.3) is 0 Å². The van der Waals surface area contributed by atoms with E-state index < -0.39 is 5.82 Å². The number of anilines is 3. The number of aromatic nitrogens is 1. The molecular weight excluding hydrogens is 329 g/mol. The Morgan fingerprint density at radius 3 is 2.54 bits per heavy atom. The van der Waals surface area contributed by atoms with Crippen LogP contribution in [-0.4, -0.2) is 10.9 Å². The molecule has 120 valence electrons. The molecule has 0 bridgehead atoms. The van der Waals surface area contributed by atoms with Gasteiger partial charge in [-0.15, -0.1) is 0 Å². The zero-order valence-corrected chi connectivity index (χ0v) is 13.2. The standard InChI is InChI=1S/C18H13ClFN3O/c19-13-3-1-5-15(8-13)22-17-7-12(10-21-11-17)18(24)23-16-6-2-4-14(20)9-16/h1-11,22H,(H,23,24). The van der Waals surface area contributed by atoms with E-state index in [9.17, 15) is 9.18 Å². The van der Waals surface area contributed by atoms with Gasteiger partial charge in [0.25, 0.3) is 5.91 Å². The van der Waals surface area contributed by atoms with Crippen molar-refractivity contribution < 1.29 is 9.18 Å². The van der Waals surface area contributed by atoms with Gasteiger partial charge in [-0.25, -0.2) is 4.39 Å². The second kappa shape index (κ2) is 7.10. The van der Waals surface area contributed by atoms with Gasteiger partial charge in [0.15, 0.2) is 0 Å². The lowest BCUT2D eigenvalue weighted by molar-refractivity contribution is 0.102. The Morgan fingerprint density at radius 1 is 0.958 bits per heavy atom. The molecule has 0 fully saturated rings. The number of amides is 1. The molecule has 0 saturated carbocycles. The van der Waals surface area contributed by atoms with Crippen LogP contribution in [0.3, 0.4) is 0 Å². The summed E-state index contributed by atoms with van der Waals surface area (Å²) in [5, 5.41) is 6.36. The van der Waals surface area contributed by atoms with E-state index in [-0.39, 0.29) is 5.91 Å². The number of carbonyl (C=O) groups is 1. The highest BCUT2D eigenvalue weighted by molar-refractivity contribution is 6.30. The summed E-state index contributed by atoms with van der Waals surface area (Å²) < 4.78 is 13.2. The molecule has 2 N–H and O–H groups in total. The molecule has 0 radical (unpaired) electrons. The molecule has 0 saturated heterocycles. The second-order valence-electron chi connectivity index (χ2n) is 5.06. The fraction of sp³-hybridized carbons (Fsp3) is 0. The predicted molar refractivity (Wildman–Crippen MR) is 93.3 cm³/mol. The zero-order valence-electron chi connectivity index (χ0n) is 12.5. The number of pyridine rings is 1.